The Bertz CT molecular complexity index is 913. The van der Waals surface area contributed by atoms with Crippen molar-refractivity contribution >= 4 is 40.1 Å². The molecule has 156 valence electrons. The zero-order chi connectivity index (χ0) is 21.8. The SMILES string of the molecule is COc1nccc(I)c1C(O)Cc1ccc(NC(=O)OC(C)(C)C)cc1[N+](=O)[O-]. The van der Waals surface area contributed by atoms with E-state index in [-0.39, 0.29) is 23.7 Å². The second kappa shape index (κ2) is 9.35. The standard InChI is InChI=1S/C19H22IN3O6/c1-19(2,3)29-18(25)22-12-6-5-11(14(10-12)23(26)27)9-15(24)16-13(20)7-8-21-17(16)28-4/h5-8,10,15,24H,9H2,1-4H3,(H,22,25). The number of anilines is 1. The van der Waals surface area contributed by atoms with E-state index in [2.05, 4.69) is 10.3 Å². The van der Waals surface area contributed by atoms with Gasteiger partial charge < -0.3 is 14.6 Å². The number of nitrogens with zero attached hydrogens (tertiary/aromatic N) is 2. The number of amides is 1. The monoisotopic (exact) mass is 515 g/mol. The van der Waals surface area contributed by atoms with Gasteiger partial charge in [0.05, 0.1) is 29.4 Å². The average Bonchev–Trinajstić information content (AvgIpc) is 2.60. The van der Waals surface area contributed by atoms with Crippen molar-refractivity contribution in [3.63, 3.8) is 0 Å². The number of rotatable bonds is 6. The minimum Gasteiger partial charge on any atom is -0.481 e. The van der Waals surface area contributed by atoms with E-state index in [9.17, 15) is 20.0 Å². The van der Waals surface area contributed by atoms with Gasteiger partial charge in [-0.1, -0.05) is 6.07 Å². The van der Waals surface area contributed by atoms with Gasteiger partial charge in [-0.3, -0.25) is 15.4 Å². The van der Waals surface area contributed by atoms with Crippen LogP contribution in [0.5, 0.6) is 5.88 Å². The molecule has 1 amide bonds. The molecule has 1 aromatic carbocycles. The van der Waals surface area contributed by atoms with Crippen molar-refractivity contribution < 1.29 is 24.3 Å². The van der Waals surface area contributed by atoms with Crippen LogP contribution in [0, 0.1) is 13.7 Å². The second-order valence-electron chi connectivity index (χ2n) is 7.16. The number of carbonyl (C=O) groups is 1. The normalized spacial score (nSPS) is 12.2. The Balaban J connectivity index is 2.28. The van der Waals surface area contributed by atoms with Crippen LogP contribution in [0.25, 0.3) is 0 Å². The minimum atomic E-state index is -1.06. The molecule has 0 radical (unpaired) electrons. The molecular formula is C19H22IN3O6. The van der Waals surface area contributed by atoms with Gasteiger partial charge in [0.2, 0.25) is 5.88 Å². The zero-order valence-corrected chi connectivity index (χ0v) is 18.6. The molecule has 29 heavy (non-hydrogen) atoms. The summed E-state index contributed by atoms with van der Waals surface area (Å²) in [7, 11) is 1.44. The number of nitro benzene ring substituents is 1. The fourth-order valence-electron chi connectivity index (χ4n) is 2.61. The van der Waals surface area contributed by atoms with E-state index in [0.29, 0.717) is 11.1 Å². The topological polar surface area (TPSA) is 124 Å². The molecule has 1 atom stereocenters. The third-order valence-electron chi connectivity index (χ3n) is 3.77. The Morgan fingerprint density at radius 3 is 2.66 bits per heavy atom. The molecule has 2 N–H and O–H groups in total. The Hall–Kier alpha value is -2.47. The first kappa shape index (κ1) is 22.8. The van der Waals surface area contributed by atoms with Gasteiger partial charge >= 0.3 is 6.09 Å². The summed E-state index contributed by atoms with van der Waals surface area (Å²) in [5, 5.41) is 24.7. The van der Waals surface area contributed by atoms with Crippen LogP contribution in [-0.2, 0) is 11.2 Å². The number of methoxy groups -OCH3 is 1. The predicted molar refractivity (Wildman–Crippen MR) is 115 cm³/mol. The number of aromatic nitrogens is 1. The molecule has 0 saturated heterocycles. The van der Waals surface area contributed by atoms with E-state index in [0.717, 1.165) is 3.57 Å². The van der Waals surface area contributed by atoms with Crippen LogP contribution >= 0.6 is 22.6 Å². The largest absolute Gasteiger partial charge is 0.481 e. The first-order chi connectivity index (χ1) is 13.5. The maximum absolute atomic E-state index is 11.9. The number of halogens is 1. The highest BCUT2D eigenvalue weighted by Gasteiger charge is 2.24. The van der Waals surface area contributed by atoms with E-state index in [1.807, 2.05) is 22.6 Å². The number of nitro groups is 1. The third kappa shape index (κ3) is 6.26. The van der Waals surface area contributed by atoms with Gasteiger partial charge in [0.25, 0.3) is 5.69 Å². The lowest BCUT2D eigenvalue weighted by Gasteiger charge is -2.20. The molecule has 0 bridgehead atoms. The summed E-state index contributed by atoms with van der Waals surface area (Å²) in [6, 6.07) is 5.95. The van der Waals surface area contributed by atoms with Gasteiger partial charge in [0, 0.05) is 27.8 Å². The Kier molecular flexibility index (Phi) is 7.36. The predicted octanol–water partition coefficient (Wildman–Crippen LogP) is 4.23. The van der Waals surface area contributed by atoms with Gasteiger partial charge in [0.1, 0.15) is 5.60 Å². The molecule has 2 rings (SSSR count). The highest BCUT2D eigenvalue weighted by molar-refractivity contribution is 14.1. The van der Waals surface area contributed by atoms with Crippen molar-refractivity contribution in [1.82, 2.24) is 4.98 Å². The number of pyridine rings is 1. The Morgan fingerprint density at radius 1 is 1.38 bits per heavy atom. The van der Waals surface area contributed by atoms with Crippen LogP contribution in [0.4, 0.5) is 16.2 Å². The lowest BCUT2D eigenvalue weighted by molar-refractivity contribution is -0.385. The Labute approximate surface area is 181 Å². The molecular weight excluding hydrogens is 493 g/mol. The third-order valence-corrected chi connectivity index (χ3v) is 4.71. The molecule has 9 nitrogen and oxygen atoms in total. The molecule has 0 fully saturated rings. The van der Waals surface area contributed by atoms with Crippen molar-refractivity contribution in [2.75, 3.05) is 12.4 Å². The van der Waals surface area contributed by atoms with E-state index < -0.39 is 22.7 Å². The number of aliphatic hydroxyl groups excluding tert-OH is 1. The van der Waals surface area contributed by atoms with Gasteiger partial charge in [-0.15, -0.1) is 0 Å². The molecule has 10 heteroatoms. The van der Waals surface area contributed by atoms with Crippen LogP contribution in [0.2, 0.25) is 0 Å². The van der Waals surface area contributed by atoms with Crippen LogP contribution < -0.4 is 10.1 Å². The second-order valence-corrected chi connectivity index (χ2v) is 8.33. The van der Waals surface area contributed by atoms with Crippen LogP contribution in [-0.4, -0.2) is 33.8 Å². The Morgan fingerprint density at radius 2 is 2.07 bits per heavy atom. The van der Waals surface area contributed by atoms with Crippen molar-refractivity contribution in [3.8, 4) is 5.88 Å². The maximum Gasteiger partial charge on any atom is 0.412 e. The molecule has 0 aliphatic rings. The quantitative estimate of drug-likeness (QED) is 0.335. The van der Waals surface area contributed by atoms with Crippen molar-refractivity contribution in [2.45, 2.75) is 38.9 Å². The fraction of sp³-hybridized carbons (Fsp3) is 0.368. The first-order valence-corrected chi connectivity index (χ1v) is 9.73. The van der Waals surface area contributed by atoms with E-state index >= 15 is 0 Å². The molecule has 0 aliphatic heterocycles. The van der Waals surface area contributed by atoms with Crippen molar-refractivity contribution in [1.29, 1.82) is 0 Å². The average molecular weight is 515 g/mol. The fourth-order valence-corrected chi connectivity index (χ4v) is 3.36. The zero-order valence-electron chi connectivity index (χ0n) is 16.4. The van der Waals surface area contributed by atoms with Crippen LogP contribution in [0.1, 0.15) is 38.0 Å². The van der Waals surface area contributed by atoms with Crippen molar-refractivity contribution in [3.05, 3.63) is 55.3 Å². The number of ether oxygens (including phenoxy) is 2. The number of aliphatic hydroxyl groups is 1. The summed E-state index contributed by atoms with van der Waals surface area (Å²) in [5.74, 6) is 0.260. The molecule has 0 aliphatic carbocycles. The van der Waals surface area contributed by atoms with Gasteiger partial charge in [-0.25, -0.2) is 9.78 Å². The summed E-state index contributed by atoms with van der Waals surface area (Å²) < 4.78 is 11.1. The summed E-state index contributed by atoms with van der Waals surface area (Å²) in [4.78, 5) is 26.9. The molecule has 1 heterocycles. The van der Waals surface area contributed by atoms with Crippen LogP contribution in [0.15, 0.2) is 30.5 Å². The molecule has 0 saturated carbocycles. The number of benzene rings is 1. The maximum atomic E-state index is 11.9. The van der Waals surface area contributed by atoms with Crippen LogP contribution in [0.3, 0.4) is 0 Å². The summed E-state index contributed by atoms with van der Waals surface area (Å²) >= 11 is 2.04. The number of carbonyl (C=O) groups excluding carboxylic acids is 1. The molecule has 2 aromatic rings. The summed E-state index contributed by atoms with van der Waals surface area (Å²) in [5.41, 5.74) is 0.0630. The van der Waals surface area contributed by atoms with Gasteiger partial charge in [0.15, 0.2) is 0 Å². The van der Waals surface area contributed by atoms with Gasteiger partial charge in [-0.05, 0) is 55.5 Å². The summed E-state index contributed by atoms with van der Waals surface area (Å²) in [6.07, 6.45) is -0.250. The highest BCUT2D eigenvalue weighted by atomic mass is 127. The number of hydrogen-bond acceptors (Lipinski definition) is 7. The minimum absolute atomic E-state index is 0.0267. The number of hydrogen-bond donors (Lipinski definition) is 2. The van der Waals surface area contributed by atoms with E-state index in [1.54, 1.807) is 33.0 Å². The molecule has 1 aromatic heterocycles. The smallest absolute Gasteiger partial charge is 0.412 e. The number of nitrogens with one attached hydrogen (secondary N) is 1. The summed E-state index contributed by atoms with van der Waals surface area (Å²) in [6.45, 7) is 5.15. The van der Waals surface area contributed by atoms with Gasteiger partial charge in [-0.2, -0.15) is 0 Å². The first-order valence-electron chi connectivity index (χ1n) is 8.65. The highest BCUT2D eigenvalue weighted by Crippen LogP contribution is 2.33. The lowest BCUT2D eigenvalue weighted by atomic mass is 10.0. The molecule has 1 unspecified atom stereocenters. The van der Waals surface area contributed by atoms with E-state index in [1.165, 1.54) is 25.3 Å². The van der Waals surface area contributed by atoms with Crippen molar-refractivity contribution in [2.24, 2.45) is 0 Å². The molecule has 0 spiro atoms. The van der Waals surface area contributed by atoms with E-state index in [4.69, 9.17) is 9.47 Å². The lowest BCUT2D eigenvalue weighted by Crippen LogP contribution is -2.27.